The van der Waals surface area contributed by atoms with E-state index in [1.165, 1.54) is 49.9 Å². The number of piperidine rings is 1. The fourth-order valence-electron chi connectivity index (χ4n) is 4.29. The van der Waals surface area contributed by atoms with E-state index in [1.807, 2.05) is 18.3 Å². The van der Waals surface area contributed by atoms with Crippen LogP contribution < -0.4 is 10.6 Å². The molecule has 4 nitrogen and oxygen atoms in total. The van der Waals surface area contributed by atoms with E-state index in [4.69, 9.17) is 0 Å². The second-order valence-corrected chi connectivity index (χ2v) is 7.65. The van der Waals surface area contributed by atoms with Gasteiger partial charge in [-0.2, -0.15) is 0 Å². The lowest BCUT2D eigenvalue weighted by Crippen LogP contribution is -2.33. The maximum atomic E-state index is 4.49. The number of pyridine rings is 1. The van der Waals surface area contributed by atoms with Crippen molar-refractivity contribution in [1.82, 2.24) is 15.2 Å². The van der Waals surface area contributed by atoms with E-state index in [0.717, 1.165) is 25.5 Å². The third kappa shape index (κ3) is 4.43. The fourth-order valence-corrected chi connectivity index (χ4v) is 4.29. The van der Waals surface area contributed by atoms with E-state index < -0.39 is 0 Å². The number of hydrogen-bond acceptors (Lipinski definition) is 4. The Balaban J connectivity index is 1.50. The SMILES string of the molecule is c1ccc(NC(c2ccc(CN3CCCC3)cc2)C2CCNCC2)nc1. The fraction of sp³-hybridized carbons (Fsp3) is 0.500. The molecule has 26 heavy (non-hydrogen) atoms. The van der Waals surface area contributed by atoms with Crippen molar-refractivity contribution in [3.8, 4) is 0 Å². The Morgan fingerprint density at radius 1 is 1.04 bits per heavy atom. The van der Waals surface area contributed by atoms with Gasteiger partial charge in [0.25, 0.3) is 0 Å². The van der Waals surface area contributed by atoms with Crippen LogP contribution >= 0.6 is 0 Å². The Bertz CT molecular complexity index is 658. The molecule has 4 rings (SSSR count). The number of nitrogens with one attached hydrogen (secondary N) is 2. The number of anilines is 1. The molecular weight excluding hydrogens is 320 g/mol. The highest BCUT2D eigenvalue weighted by molar-refractivity contribution is 5.39. The van der Waals surface area contributed by atoms with Gasteiger partial charge in [0.05, 0.1) is 6.04 Å². The molecule has 0 bridgehead atoms. The smallest absolute Gasteiger partial charge is 0.126 e. The van der Waals surface area contributed by atoms with Crippen molar-refractivity contribution in [1.29, 1.82) is 0 Å². The molecule has 2 aliphatic rings. The first-order valence-electron chi connectivity index (χ1n) is 10.1. The topological polar surface area (TPSA) is 40.2 Å². The maximum Gasteiger partial charge on any atom is 0.126 e. The number of aromatic nitrogens is 1. The molecule has 138 valence electrons. The Morgan fingerprint density at radius 3 is 2.50 bits per heavy atom. The summed E-state index contributed by atoms with van der Waals surface area (Å²) < 4.78 is 0. The number of likely N-dealkylation sites (tertiary alicyclic amines) is 1. The summed E-state index contributed by atoms with van der Waals surface area (Å²) in [6.45, 7) is 5.81. The lowest BCUT2D eigenvalue weighted by atomic mass is 9.85. The van der Waals surface area contributed by atoms with Gasteiger partial charge in [-0.1, -0.05) is 30.3 Å². The quantitative estimate of drug-likeness (QED) is 0.831. The molecule has 0 spiro atoms. The second-order valence-electron chi connectivity index (χ2n) is 7.65. The molecular formula is C22H30N4. The van der Waals surface area contributed by atoms with Gasteiger partial charge in [0.1, 0.15) is 5.82 Å². The van der Waals surface area contributed by atoms with Crippen LogP contribution in [-0.2, 0) is 6.54 Å². The van der Waals surface area contributed by atoms with E-state index in [0.29, 0.717) is 12.0 Å². The van der Waals surface area contributed by atoms with Gasteiger partial charge in [0.2, 0.25) is 0 Å². The van der Waals surface area contributed by atoms with Crippen molar-refractivity contribution in [2.75, 3.05) is 31.5 Å². The largest absolute Gasteiger partial charge is 0.363 e. The Labute approximate surface area is 157 Å². The third-order valence-corrected chi connectivity index (χ3v) is 5.77. The molecule has 1 unspecified atom stereocenters. The predicted molar refractivity (Wildman–Crippen MR) is 107 cm³/mol. The van der Waals surface area contributed by atoms with Gasteiger partial charge in [0, 0.05) is 12.7 Å². The first kappa shape index (κ1) is 17.5. The minimum absolute atomic E-state index is 0.327. The highest BCUT2D eigenvalue weighted by Gasteiger charge is 2.25. The molecule has 0 saturated carbocycles. The van der Waals surface area contributed by atoms with Gasteiger partial charge in [-0.05, 0) is 81.0 Å². The van der Waals surface area contributed by atoms with Crippen molar-refractivity contribution in [2.24, 2.45) is 5.92 Å². The van der Waals surface area contributed by atoms with Crippen LogP contribution in [0.5, 0.6) is 0 Å². The molecule has 2 aliphatic heterocycles. The molecule has 2 N–H and O–H groups in total. The molecule has 2 aromatic rings. The van der Waals surface area contributed by atoms with Crippen molar-refractivity contribution < 1.29 is 0 Å². The van der Waals surface area contributed by atoms with Crippen molar-refractivity contribution in [3.05, 3.63) is 59.8 Å². The van der Waals surface area contributed by atoms with Gasteiger partial charge < -0.3 is 10.6 Å². The summed E-state index contributed by atoms with van der Waals surface area (Å²) in [6, 6.07) is 15.7. The number of hydrogen-bond donors (Lipinski definition) is 2. The summed E-state index contributed by atoms with van der Waals surface area (Å²) in [5.74, 6) is 1.61. The zero-order valence-corrected chi connectivity index (χ0v) is 15.5. The van der Waals surface area contributed by atoms with E-state index in [9.17, 15) is 0 Å². The first-order valence-corrected chi connectivity index (χ1v) is 10.1. The summed E-state index contributed by atoms with van der Waals surface area (Å²) in [6.07, 6.45) is 6.98. The van der Waals surface area contributed by atoms with Gasteiger partial charge >= 0.3 is 0 Å². The van der Waals surface area contributed by atoms with Crippen LogP contribution in [0.1, 0.15) is 42.9 Å². The zero-order chi connectivity index (χ0) is 17.6. The van der Waals surface area contributed by atoms with E-state index in [1.54, 1.807) is 0 Å². The number of nitrogens with zero attached hydrogens (tertiary/aromatic N) is 2. The van der Waals surface area contributed by atoms with Gasteiger partial charge in [-0.15, -0.1) is 0 Å². The average Bonchev–Trinajstić information content (AvgIpc) is 3.21. The zero-order valence-electron chi connectivity index (χ0n) is 15.5. The standard InChI is InChI=1S/C22H30N4/c1-2-12-24-21(5-1)25-22(20-10-13-23-14-11-20)19-8-6-18(7-9-19)17-26-15-3-4-16-26/h1-2,5-9,12,20,22-23H,3-4,10-11,13-17H2,(H,24,25). The molecule has 0 aliphatic carbocycles. The molecule has 1 aromatic heterocycles. The van der Waals surface area contributed by atoms with Crippen LogP contribution in [0.25, 0.3) is 0 Å². The van der Waals surface area contributed by atoms with Gasteiger partial charge in [-0.3, -0.25) is 4.90 Å². The lowest BCUT2D eigenvalue weighted by molar-refractivity contribution is 0.330. The van der Waals surface area contributed by atoms with Crippen LogP contribution in [-0.4, -0.2) is 36.1 Å². The predicted octanol–water partition coefficient (Wildman–Crippen LogP) is 3.83. The maximum absolute atomic E-state index is 4.49. The monoisotopic (exact) mass is 350 g/mol. The molecule has 3 heterocycles. The van der Waals surface area contributed by atoms with Crippen LogP contribution in [0, 0.1) is 5.92 Å². The van der Waals surface area contributed by atoms with Crippen LogP contribution in [0.4, 0.5) is 5.82 Å². The van der Waals surface area contributed by atoms with Gasteiger partial charge in [0.15, 0.2) is 0 Å². The van der Waals surface area contributed by atoms with Crippen molar-refractivity contribution in [3.63, 3.8) is 0 Å². The lowest BCUT2D eigenvalue weighted by Gasteiger charge is -2.32. The third-order valence-electron chi connectivity index (χ3n) is 5.77. The van der Waals surface area contributed by atoms with E-state index >= 15 is 0 Å². The van der Waals surface area contributed by atoms with E-state index in [2.05, 4.69) is 50.8 Å². The minimum atomic E-state index is 0.327. The molecule has 2 saturated heterocycles. The molecule has 1 aromatic carbocycles. The van der Waals surface area contributed by atoms with Gasteiger partial charge in [-0.25, -0.2) is 4.98 Å². The molecule has 1 atom stereocenters. The summed E-state index contributed by atoms with van der Waals surface area (Å²) in [4.78, 5) is 7.05. The summed E-state index contributed by atoms with van der Waals surface area (Å²) in [7, 11) is 0. The Morgan fingerprint density at radius 2 is 1.81 bits per heavy atom. The molecule has 0 amide bonds. The minimum Gasteiger partial charge on any atom is -0.363 e. The first-order chi connectivity index (χ1) is 12.9. The Kier molecular flexibility index (Phi) is 5.82. The summed E-state index contributed by atoms with van der Waals surface area (Å²) >= 11 is 0. The second kappa shape index (κ2) is 8.65. The molecule has 4 heteroatoms. The highest BCUT2D eigenvalue weighted by atomic mass is 15.1. The summed E-state index contributed by atoms with van der Waals surface area (Å²) in [5, 5.41) is 7.19. The van der Waals surface area contributed by atoms with Crippen molar-refractivity contribution >= 4 is 5.82 Å². The van der Waals surface area contributed by atoms with Crippen LogP contribution in [0.2, 0.25) is 0 Å². The molecule has 2 fully saturated rings. The van der Waals surface area contributed by atoms with E-state index in [-0.39, 0.29) is 0 Å². The van der Waals surface area contributed by atoms with Crippen LogP contribution in [0.15, 0.2) is 48.7 Å². The number of benzene rings is 1. The average molecular weight is 351 g/mol. The molecule has 0 radical (unpaired) electrons. The van der Waals surface area contributed by atoms with Crippen molar-refractivity contribution in [2.45, 2.75) is 38.3 Å². The Hall–Kier alpha value is -1.91. The normalized spacial score (nSPS) is 20.2. The number of rotatable bonds is 6. The summed E-state index contributed by atoms with van der Waals surface area (Å²) in [5.41, 5.74) is 2.81. The highest BCUT2D eigenvalue weighted by Crippen LogP contribution is 2.32. The van der Waals surface area contributed by atoms with Crippen LogP contribution in [0.3, 0.4) is 0 Å².